The molecule has 9 heteroatoms. The van der Waals surface area contributed by atoms with Crippen LogP contribution in [-0.2, 0) is 16.1 Å². The van der Waals surface area contributed by atoms with Crippen LogP contribution in [0, 0.1) is 0 Å². The molecule has 0 spiro atoms. The normalized spacial score (nSPS) is 10.4. The van der Waals surface area contributed by atoms with Gasteiger partial charge >= 0.3 is 0 Å². The van der Waals surface area contributed by atoms with Crippen molar-refractivity contribution in [2.45, 2.75) is 25.5 Å². The molecule has 2 amide bonds. The minimum Gasteiger partial charge on any atom is -0.461 e. The van der Waals surface area contributed by atoms with Gasteiger partial charge in [0.2, 0.25) is 11.8 Å². The van der Waals surface area contributed by atoms with Crippen LogP contribution in [-0.4, -0.2) is 32.3 Å². The van der Waals surface area contributed by atoms with E-state index >= 15 is 0 Å². The Morgan fingerprint density at radius 1 is 1.38 bits per heavy atom. The van der Waals surface area contributed by atoms with Gasteiger partial charge in [-0.3, -0.25) is 25.0 Å². The summed E-state index contributed by atoms with van der Waals surface area (Å²) in [7, 11) is 0. The largest absolute Gasteiger partial charge is 0.461 e. The van der Waals surface area contributed by atoms with Crippen LogP contribution in [0.25, 0.3) is 11.6 Å². The third-order valence-corrected chi connectivity index (χ3v) is 3.45. The van der Waals surface area contributed by atoms with Crippen LogP contribution in [0.1, 0.15) is 13.8 Å². The number of nitrogens with zero attached hydrogens (tertiary/aromatic N) is 3. The second kappa shape index (κ2) is 6.93. The van der Waals surface area contributed by atoms with Crippen LogP contribution in [0.5, 0.6) is 0 Å². The van der Waals surface area contributed by atoms with Gasteiger partial charge in [-0.2, -0.15) is 0 Å². The highest BCUT2D eigenvalue weighted by Gasteiger charge is 2.16. The molecule has 0 radical (unpaired) electrons. The number of furan rings is 1. The lowest BCUT2D eigenvalue weighted by Crippen LogP contribution is -2.41. The quantitative estimate of drug-likeness (QED) is 0.626. The van der Waals surface area contributed by atoms with E-state index in [0.717, 1.165) is 0 Å². The van der Waals surface area contributed by atoms with E-state index in [9.17, 15) is 9.59 Å². The molecule has 2 rings (SSSR count). The van der Waals surface area contributed by atoms with Crippen molar-refractivity contribution < 1.29 is 14.0 Å². The Balaban J connectivity index is 2.01. The van der Waals surface area contributed by atoms with E-state index in [-0.39, 0.29) is 17.6 Å². The van der Waals surface area contributed by atoms with Crippen LogP contribution in [0.2, 0.25) is 0 Å². The SMILES string of the molecule is CCn1c(SCC(=O)NNC(C)=O)nnc1-c1ccco1. The third kappa shape index (κ3) is 3.85. The van der Waals surface area contributed by atoms with Crippen LogP contribution in [0.4, 0.5) is 0 Å². The monoisotopic (exact) mass is 309 g/mol. The number of amides is 2. The lowest BCUT2D eigenvalue weighted by Gasteiger charge is -2.06. The van der Waals surface area contributed by atoms with Gasteiger partial charge in [-0.25, -0.2) is 0 Å². The van der Waals surface area contributed by atoms with Gasteiger partial charge in [0, 0.05) is 13.5 Å². The van der Waals surface area contributed by atoms with Crippen molar-refractivity contribution in [1.82, 2.24) is 25.6 Å². The fourth-order valence-electron chi connectivity index (χ4n) is 1.59. The number of rotatable bonds is 5. The van der Waals surface area contributed by atoms with Gasteiger partial charge in [0.25, 0.3) is 0 Å². The van der Waals surface area contributed by atoms with Crippen LogP contribution < -0.4 is 10.9 Å². The predicted octanol–water partition coefficient (Wildman–Crippen LogP) is 0.817. The van der Waals surface area contributed by atoms with E-state index in [1.165, 1.54) is 18.7 Å². The molecule has 112 valence electrons. The van der Waals surface area contributed by atoms with E-state index in [1.807, 2.05) is 11.5 Å². The molecule has 0 bridgehead atoms. The molecule has 0 aliphatic carbocycles. The first-order chi connectivity index (χ1) is 10.1. The van der Waals surface area contributed by atoms with Crippen molar-refractivity contribution in [1.29, 1.82) is 0 Å². The Bertz CT molecular complexity index is 623. The molecule has 2 heterocycles. The minimum atomic E-state index is -0.329. The Kier molecular flexibility index (Phi) is 4.99. The molecule has 0 aliphatic rings. The summed E-state index contributed by atoms with van der Waals surface area (Å²) in [5.74, 6) is 0.716. The summed E-state index contributed by atoms with van der Waals surface area (Å²) in [5, 5.41) is 8.75. The molecule has 0 unspecified atom stereocenters. The second-order valence-electron chi connectivity index (χ2n) is 4.05. The Labute approximate surface area is 125 Å². The molecule has 2 N–H and O–H groups in total. The average molecular weight is 309 g/mol. The first-order valence-corrected chi connectivity index (χ1v) is 7.25. The standard InChI is InChI=1S/C12H15N5O3S/c1-3-17-11(9-5-4-6-20-9)15-16-12(17)21-7-10(19)14-13-8(2)18/h4-6H,3,7H2,1-2H3,(H,13,18)(H,14,19). The molecule has 2 aromatic heterocycles. The van der Waals surface area contributed by atoms with Gasteiger partial charge in [-0.15, -0.1) is 10.2 Å². The summed E-state index contributed by atoms with van der Waals surface area (Å²) < 4.78 is 7.16. The summed E-state index contributed by atoms with van der Waals surface area (Å²) in [5.41, 5.74) is 4.52. The topological polar surface area (TPSA) is 102 Å². The van der Waals surface area contributed by atoms with Gasteiger partial charge in [-0.1, -0.05) is 11.8 Å². The zero-order valence-corrected chi connectivity index (χ0v) is 12.4. The molecule has 0 fully saturated rings. The maximum Gasteiger partial charge on any atom is 0.248 e. The smallest absolute Gasteiger partial charge is 0.248 e. The number of thioether (sulfide) groups is 1. The summed E-state index contributed by atoms with van der Waals surface area (Å²) >= 11 is 1.23. The molecule has 8 nitrogen and oxygen atoms in total. The zero-order chi connectivity index (χ0) is 15.2. The van der Waals surface area contributed by atoms with Crippen molar-refractivity contribution in [3.63, 3.8) is 0 Å². The zero-order valence-electron chi connectivity index (χ0n) is 11.6. The highest BCUT2D eigenvalue weighted by atomic mass is 32.2. The number of nitrogens with one attached hydrogen (secondary N) is 2. The molecule has 0 atom stereocenters. The van der Waals surface area contributed by atoms with E-state index in [1.54, 1.807) is 18.4 Å². The molecule has 0 aliphatic heterocycles. The third-order valence-electron chi connectivity index (χ3n) is 2.48. The van der Waals surface area contributed by atoms with Crippen LogP contribution in [0.15, 0.2) is 28.0 Å². The van der Waals surface area contributed by atoms with Gasteiger partial charge in [0.15, 0.2) is 16.7 Å². The van der Waals surface area contributed by atoms with Gasteiger partial charge in [0.1, 0.15) is 0 Å². The molecule has 0 saturated heterocycles. The molecular formula is C12H15N5O3S. The molecule has 2 aromatic rings. The van der Waals surface area contributed by atoms with Crippen molar-refractivity contribution in [3.8, 4) is 11.6 Å². The highest BCUT2D eigenvalue weighted by molar-refractivity contribution is 7.99. The average Bonchev–Trinajstić information content (AvgIpc) is 3.10. The number of hydrazine groups is 1. The van der Waals surface area contributed by atoms with E-state index < -0.39 is 0 Å². The molecule has 0 aromatic carbocycles. The molecule has 21 heavy (non-hydrogen) atoms. The Morgan fingerprint density at radius 2 is 2.19 bits per heavy atom. The van der Waals surface area contributed by atoms with Crippen LogP contribution in [0.3, 0.4) is 0 Å². The van der Waals surface area contributed by atoms with E-state index in [2.05, 4.69) is 21.0 Å². The first kappa shape index (κ1) is 15.1. The fourth-order valence-corrected chi connectivity index (χ4v) is 2.39. The number of hydrogen-bond acceptors (Lipinski definition) is 6. The fraction of sp³-hybridized carbons (Fsp3) is 0.333. The Morgan fingerprint density at radius 3 is 2.81 bits per heavy atom. The number of aromatic nitrogens is 3. The molecule has 0 saturated carbocycles. The number of carbonyl (C=O) groups excluding carboxylic acids is 2. The lowest BCUT2D eigenvalue weighted by atomic mass is 10.4. The minimum absolute atomic E-state index is 0.122. The highest BCUT2D eigenvalue weighted by Crippen LogP contribution is 2.23. The van der Waals surface area contributed by atoms with Crippen molar-refractivity contribution >= 4 is 23.6 Å². The second-order valence-corrected chi connectivity index (χ2v) is 4.99. The summed E-state index contributed by atoms with van der Waals surface area (Å²) in [6, 6.07) is 3.58. The maximum absolute atomic E-state index is 11.5. The van der Waals surface area contributed by atoms with Crippen molar-refractivity contribution in [2.75, 3.05) is 5.75 Å². The maximum atomic E-state index is 11.5. The summed E-state index contributed by atoms with van der Waals surface area (Å²) in [6.45, 7) is 3.92. The van der Waals surface area contributed by atoms with Gasteiger partial charge in [-0.05, 0) is 19.1 Å². The lowest BCUT2D eigenvalue weighted by molar-refractivity contribution is -0.126. The van der Waals surface area contributed by atoms with Crippen LogP contribution >= 0.6 is 11.8 Å². The van der Waals surface area contributed by atoms with E-state index in [0.29, 0.717) is 23.3 Å². The summed E-state index contributed by atoms with van der Waals surface area (Å²) in [6.07, 6.45) is 1.57. The van der Waals surface area contributed by atoms with Crippen molar-refractivity contribution in [3.05, 3.63) is 18.4 Å². The van der Waals surface area contributed by atoms with Crippen molar-refractivity contribution in [2.24, 2.45) is 0 Å². The predicted molar refractivity (Wildman–Crippen MR) is 76.1 cm³/mol. The Hall–Kier alpha value is -2.29. The van der Waals surface area contributed by atoms with Gasteiger partial charge in [0.05, 0.1) is 12.0 Å². The van der Waals surface area contributed by atoms with Gasteiger partial charge < -0.3 is 4.42 Å². The number of hydrogen-bond donors (Lipinski definition) is 2. The first-order valence-electron chi connectivity index (χ1n) is 6.27. The number of carbonyl (C=O) groups is 2. The molecular weight excluding hydrogens is 294 g/mol. The van der Waals surface area contributed by atoms with E-state index in [4.69, 9.17) is 4.42 Å². The summed E-state index contributed by atoms with van der Waals surface area (Å²) in [4.78, 5) is 22.2.